The summed E-state index contributed by atoms with van der Waals surface area (Å²) < 4.78 is 52.5. The fraction of sp³-hybridized carbons (Fsp3) is 0.720. The lowest BCUT2D eigenvalue weighted by Gasteiger charge is -2.32. The molecule has 0 saturated carbocycles. The maximum atomic E-state index is 13.2. The number of rotatable bonds is 8. The lowest BCUT2D eigenvalue weighted by atomic mass is 9.79. The van der Waals surface area contributed by atoms with Gasteiger partial charge in [-0.1, -0.05) is 12.1 Å². The van der Waals surface area contributed by atoms with Crippen molar-refractivity contribution < 1.29 is 32.0 Å². The monoisotopic (exact) mass is 526 g/mol. The third kappa shape index (κ3) is 8.44. The van der Waals surface area contributed by atoms with Crippen molar-refractivity contribution in [1.82, 2.24) is 10.0 Å². The molecule has 9 nitrogen and oxygen atoms in total. The van der Waals surface area contributed by atoms with Crippen LogP contribution in [0.3, 0.4) is 0 Å². The van der Waals surface area contributed by atoms with Crippen LogP contribution in [-0.2, 0) is 28.8 Å². The van der Waals surface area contributed by atoms with Gasteiger partial charge in [0.25, 0.3) is 0 Å². The number of sulfonamides is 1. The van der Waals surface area contributed by atoms with E-state index in [-0.39, 0.29) is 11.4 Å². The molecule has 1 aliphatic rings. The normalized spacial score (nSPS) is 19.6. The number of alkyl carbamates (subject to hydrolysis) is 1. The van der Waals surface area contributed by atoms with E-state index in [9.17, 15) is 13.2 Å². The maximum absolute atomic E-state index is 13.2. The van der Waals surface area contributed by atoms with Gasteiger partial charge in [-0.05, 0) is 93.8 Å². The van der Waals surface area contributed by atoms with Crippen LogP contribution in [0.5, 0.6) is 0 Å². The van der Waals surface area contributed by atoms with Crippen LogP contribution in [0.2, 0.25) is 0 Å². The molecule has 2 rings (SSSR count). The molecule has 0 bridgehead atoms. The molecular weight excluding hydrogens is 483 g/mol. The Morgan fingerprint density at radius 2 is 1.58 bits per heavy atom. The number of nitrogens with one attached hydrogen (secondary N) is 2. The molecule has 0 radical (unpaired) electrons. The van der Waals surface area contributed by atoms with E-state index in [4.69, 9.17) is 18.8 Å². The first kappa shape index (κ1) is 30.6. The first-order valence-corrected chi connectivity index (χ1v) is 13.7. The van der Waals surface area contributed by atoms with Gasteiger partial charge in [0.2, 0.25) is 10.0 Å². The Hall–Kier alpha value is -1.66. The van der Waals surface area contributed by atoms with Crippen molar-refractivity contribution in [2.75, 3.05) is 6.54 Å². The Labute approximate surface area is 217 Å². The number of hydrogen-bond donors (Lipinski definition) is 2. The highest BCUT2D eigenvalue weighted by atomic mass is 32.2. The van der Waals surface area contributed by atoms with Crippen LogP contribution in [0, 0.1) is 0 Å². The summed E-state index contributed by atoms with van der Waals surface area (Å²) in [4.78, 5) is 12.5. The Kier molecular flexibility index (Phi) is 9.01. The third-order valence-electron chi connectivity index (χ3n) is 6.00. The van der Waals surface area contributed by atoms with Gasteiger partial charge in [0.15, 0.2) is 0 Å². The van der Waals surface area contributed by atoms with E-state index in [0.29, 0.717) is 5.46 Å². The van der Waals surface area contributed by atoms with E-state index >= 15 is 0 Å². The first-order valence-electron chi connectivity index (χ1n) is 12.2. The summed E-state index contributed by atoms with van der Waals surface area (Å²) in [5.74, 6) is 0. The molecule has 36 heavy (non-hydrogen) atoms. The summed E-state index contributed by atoms with van der Waals surface area (Å²) >= 11 is 0. The van der Waals surface area contributed by atoms with Crippen LogP contribution in [-0.4, -0.2) is 62.7 Å². The molecule has 0 aliphatic carbocycles. The molecule has 1 saturated heterocycles. The predicted molar refractivity (Wildman–Crippen MR) is 141 cm³/mol. The Morgan fingerprint density at radius 3 is 2.08 bits per heavy atom. The molecule has 2 atom stereocenters. The summed E-state index contributed by atoms with van der Waals surface area (Å²) in [6.07, 6.45) is -1.16. The van der Waals surface area contributed by atoms with Crippen LogP contribution in [0.4, 0.5) is 4.79 Å². The summed E-state index contributed by atoms with van der Waals surface area (Å²) in [5.41, 5.74) is -1.69. The molecular formula is C25H43BN2O7S. The Bertz CT molecular complexity index is 1010. The van der Waals surface area contributed by atoms with Crippen molar-refractivity contribution in [3.8, 4) is 0 Å². The summed E-state index contributed by atoms with van der Waals surface area (Å²) in [6, 6.07) is 5.78. The topological polar surface area (TPSA) is 112 Å². The minimum atomic E-state index is -3.92. The maximum Gasteiger partial charge on any atom is 0.494 e. The van der Waals surface area contributed by atoms with Gasteiger partial charge in [-0.25, -0.2) is 17.9 Å². The standard InChI is InChI=1S/C25H43BN2O7S/c1-17(32-22(2,3)4)20(28-21(29)33-23(5,6)7)16-27-36(30,31)19-14-12-13-18(15-19)26-34-24(8,9)25(10,11)35-26/h12-15,17,20,27H,16H2,1-11H3,(H,28,29)/t17-,20-/m1/s1. The van der Waals surface area contributed by atoms with Gasteiger partial charge in [-0.2, -0.15) is 0 Å². The highest BCUT2D eigenvalue weighted by Crippen LogP contribution is 2.36. The zero-order valence-corrected chi connectivity index (χ0v) is 24.3. The number of ether oxygens (including phenoxy) is 2. The van der Waals surface area contributed by atoms with Crippen LogP contribution in [0.1, 0.15) is 76.2 Å². The van der Waals surface area contributed by atoms with E-state index in [1.165, 1.54) is 12.1 Å². The van der Waals surface area contributed by atoms with E-state index in [1.54, 1.807) is 39.8 Å². The van der Waals surface area contributed by atoms with Crippen molar-refractivity contribution >= 4 is 28.7 Å². The minimum absolute atomic E-state index is 0.0649. The average Bonchev–Trinajstić information content (AvgIpc) is 2.89. The Balaban J connectivity index is 2.20. The number of carbonyl (C=O) groups excluding carboxylic acids is 1. The fourth-order valence-corrected chi connectivity index (χ4v) is 4.64. The lowest BCUT2D eigenvalue weighted by molar-refractivity contribution is -0.0660. The quantitative estimate of drug-likeness (QED) is 0.500. The molecule has 2 N–H and O–H groups in total. The van der Waals surface area contributed by atoms with Crippen LogP contribution < -0.4 is 15.5 Å². The van der Waals surface area contributed by atoms with Gasteiger partial charge >= 0.3 is 13.2 Å². The fourth-order valence-electron chi connectivity index (χ4n) is 3.52. The number of amides is 1. The van der Waals surface area contributed by atoms with Crippen LogP contribution >= 0.6 is 0 Å². The largest absolute Gasteiger partial charge is 0.494 e. The average molecular weight is 527 g/mol. The highest BCUT2D eigenvalue weighted by molar-refractivity contribution is 7.89. The smallest absolute Gasteiger partial charge is 0.444 e. The predicted octanol–water partition coefficient (Wildman–Crippen LogP) is 3.36. The van der Waals surface area contributed by atoms with E-state index < -0.39 is 57.8 Å². The highest BCUT2D eigenvalue weighted by Gasteiger charge is 2.51. The first-order chi connectivity index (χ1) is 16.1. The van der Waals surface area contributed by atoms with Crippen molar-refractivity contribution in [1.29, 1.82) is 0 Å². The van der Waals surface area contributed by atoms with Crippen molar-refractivity contribution in [3.05, 3.63) is 24.3 Å². The molecule has 0 aromatic heterocycles. The number of hydrogen-bond acceptors (Lipinski definition) is 7. The van der Waals surface area contributed by atoms with Gasteiger partial charge in [-0.3, -0.25) is 0 Å². The van der Waals surface area contributed by atoms with Gasteiger partial charge in [0.1, 0.15) is 5.60 Å². The van der Waals surface area contributed by atoms with Gasteiger partial charge < -0.3 is 24.1 Å². The van der Waals surface area contributed by atoms with E-state index in [1.807, 2.05) is 48.5 Å². The van der Waals surface area contributed by atoms with E-state index in [0.717, 1.165) is 0 Å². The van der Waals surface area contributed by atoms with Crippen molar-refractivity contribution in [3.63, 3.8) is 0 Å². The summed E-state index contributed by atoms with van der Waals surface area (Å²) in [7, 11) is -4.61. The molecule has 1 amide bonds. The third-order valence-corrected chi connectivity index (χ3v) is 7.42. The van der Waals surface area contributed by atoms with Gasteiger partial charge in [-0.15, -0.1) is 0 Å². The van der Waals surface area contributed by atoms with Gasteiger partial charge in [0.05, 0.1) is 33.8 Å². The molecule has 1 heterocycles. The van der Waals surface area contributed by atoms with Crippen molar-refractivity contribution in [2.45, 2.75) is 116 Å². The van der Waals surface area contributed by atoms with E-state index in [2.05, 4.69) is 10.0 Å². The van der Waals surface area contributed by atoms with Gasteiger partial charge in [0, 0.05) is 6.54 Å². The molecule has 0 unspecified atom stereocenters. The molecule has 204 valence electrons. The van der Waals surface area contributed by atoms with Crippen LogP contribution in [0.25, 0.3) is 0 Å². The second kappa shape index (κ2) is 10.6. The second-order valence-electron chi connectivity index (χ2n) is 12.2. The minimum Gasteiger partial charge on any atom is -0.444 e. The van der Waals surface area contributed by atoms with Crippen LogP contribution in [0.15, 0.2) is 29.2 Å². The summed E-state index contributed by atoms with van der Waals surface area (Å²) in [6.45, 7) is 20.4. The molecule has 11 heteroatoms. The molecule has 1 aliphatic heterocycles. The molecule has 1 fully saturated rings. The summed E-state index contributed by atoms with van der Waals surface area (Å²) in [5, 5.41) is 2.74. The SMILES string of the molecule is C[C@@H](OC(C)(C)C)[C@@H](CNS(=O)(=O)c1cccc(B2OC(C)(C)C(C)(C)O2)c1)NC(=O)OC(C)(C)C. The Morgan fingerprint density at radius 1 is 1.03 bits per heavy atom. The molecule has 0 spiro atoms. The molecule has 1 aromatic rings. The van der Waals surface area contributed by atoms with Crippen molar-refractivity contribution in [2.24, 2.45) is 0 Å². The lowest BCUT2D eigenvalue weighted by Crippen LogP contribution is -2.52. The second-order valence-corrected chi connectivity index (χ2v) is 14.0. The zero-order chi connectivity index (χ0) is 27.7. The number of benzene rings is 1. The molecule has 1 aromatic carbocycles. The number of carbonyl (C=O) groups is 1. The zero-order valence-electron chi connectivity index (χ0n) is 23.5.